The van der Waals surface area contributed by atoms with Crippen molar-refractivity contribution in [2.75, 3.05) is 12.4 Å². The molecule has 0 aromatic heterocycles. The van der Waals surface area contributed by atoms with Gasteiger partial charge in [-0.15, -0.1) is 0 Å². The maximum atomic E-state index is 6.08. The Hall–Kier alpha value is -0.730. The van der Waals surface area contributed by atoms with Crippen molar-refractivity contribution in [3.8, 4) is 0 Å². The van der Waals surface area contributed by atoms with Gasteiger partial charge in [0, 0.05) is 13.2 Å². The number of ether oxygens (including phenoxy) is 1. The van der Waals surface area contributed by atoms with E-state index < -0.39 is 0 Å². The van der Waals surface area contributed by atoms with Crippen molar-refractivity contribution < 1.29 is 4.74 Å². The molecule has 90 valence electrons. The quantitative estimate of drug-likeness (QED) is 0.843. The molecule has 0 saturated heterocycles. The maximum absolute atomic E-state index is 6.08. The molecule has 1 unspecified atom stereocenters. The Kier molecular flexibility index (Phi) is 4.63. The average molecular weight is 242 g/mol. The lowest BCUT2D eigenvalue weighted by Crippen LogP contribution is -2.31. The van der Waals surface area contributed by atoms with E-state index in [9.17, 15) is 0 Å². The van der Waals surface area contributed by atoms with E-state index in [1.165, 1.54) is 0 Å². The van der Waals surface area contributed by atoms with Crippen LogP contribution in [0.4, 0.5) is 5.69 Å². The number of nitrogens with one attached hydrogen (secondary N) is 1. The zero-order valence-electron chi connectivity index (χ0n) is 10.4. The summed E-state index contributed by atoms with van der Waals surface area (Å²) in [4.78, 5) is 0. The number of hydrogen-bond donors (Lipinski definition) is 1. The molecule has 1 N–H and O–H groups in total. The van der Waals surface area contributed by atoms with Crippen molar-refractivity contribution in [1.29, 1.82) is 0 Å². The van der Waals surface area contributed by atoms with Crippen LogP contribution in [0, 0.1) is 0 Å². The van der Waals surface area contributed by atoms with E-state index in [0.29, 0.717) is 6.04 Å². The first-order valence-corrected chi connectivity index (χ1v) is 5.88. The summed E-state index contributed by atoms with van der Waals surface area (Å²) in [7, 11) is 1.74. The van der Waals surface area contributed by atoms with Gasteiger partial charge in [-0.1, -0.05) is 23.7 Å². The summed E-state index contributed by atoms with van der Waals surface area (Å²) in [5.41, 5.74) is 0.858. The summed E-state index contributed by atoms with van der Waals surface area (Å²) in [5.74, 6) is 0. The van der Waals surface area contributed by atoms with E-state index in [2.05, 4.69) is 26.1 Å². The fraction of sp³-hybridized carbons (Fsp3) is 0.538. The number of rotatable bonds is 5. The molecule has 0 aliphatic carbocycles. The molecule has 1 rings (SSSR count). The van der Waals surface area contributed by atoms with Crippen LogP contribution in [0.5, 0.6) is 0 Å². The summed E-state index contributed by atoms with van der Waals surface area (Å²) in [5, 5.41) is 4.14. The van der Waals surface area contributed by atoms with E-state index in [1.54, 1.807) is 7.11 Å². The lowest BCUT2D eigenvalue weighted by atomic mass is 10.00. The van der Waals surface area contributed by atoms with E-state index >= 15 is 0 Å². The Balaban J connectivity index is 2.58. The average Bonchev–Trinajstić information content (AvgIpc) is 2.21. The van der Waals surface area contributed by atoms with Gasteiger partial charge < -0.3 is 10.1 Å². The number of anilines is 1. The molecular weight excluding hydrogens is 222 g/mol. The van der Waals surface area contributed by atoms with Crippen LogP contribution < -0.4 is 5.32 Å². The van der Waals surface area contributed by atoms with Gasteiger partial charge in [0.2, 0.25) is 0 Å². The number of benzene rings is 1. The van der Waals surface area contributed by atoms with Crippen LogP contribution in [0.3, 0.4) is 0 Å². The normalized spacial score (nSPS) is 13.6. The van der Waals surface area contributed by atoms with Crippen LogP contribution in [0.25, 0.3) is 0 Å². The fourth-order valence-electron chi connectivity index (χ4n) is 1.72. The van der Waals surface area contributed by atoms with E-state index in [-0.39, 0.29) is 5.60 Å². The van der Waals surface area contributed by atoms with Crippen molar-refractivity contribution in [3.63, 3.8) is 0 Å². The molecule has 16 heavy (non-hydrogen) atoms. The summed E-state index contributed by atoms with van der Waals surface area (Å²) >= 11 is 6.08. The maximum Gasteiger partial charge on any atom is 0.0642 e. The van der Waals surface area contributed by atoms with E-state index in [1.807, 2.05) is 24.3 Å². The van der Waals surface area contributed by atoms with E-state index in [0.717, 1.165) is 17.1 Å². The predicted molar refractivity (Wildman–Crippen MR) is 70.2 cm³/mol. The Morgan fingerprint density at radius 3 is 2.56 bits per heavy atom. The topological polar surface area (TPSA) is 21.3 Å². The highest BCUT2D eigenvalue weighted by molar-refractivity contribution is 6.33. The lowest BCUT2D eigenvalue weighted by molar-refractivity contribution is 0.0128. The third kappa shape index (κ3) is 4.03. The predicted octanol–water partition coefficient (Wildman–Crippen LogP) is 3.96. The Morgan fingerprint density at radius 1 is 1.38 bits per heavy atom. The first-order chi connectivity index (χ1) is 7.44. The highest BCUT2D eigenvalue weighted by Gasteiger charge is 2.20. The zero-order chi connectivity index (χ0) is 12.2. The van der Waals surface area contributed by atoms with Crippen LogP contribution in [-0.4, -0.2) is 18.8 Å². The first kappa shape index (κ1) is 13.3. The van der Waals surface area contributed by atoms with Crippen molar-refractivity contribution in [2.45, 2.75) is 38.8 Å². The molecule has 3 heteroatoms. The Labute approximate surface area is 103 Å². The molecule has 0 heterocycles. The van der Waals surface area contributed by atoms with Crippen molar-refractivity contribution in [3.05, 3.63) is 29.3 Å². The molecule has 1 atom stereocenters. The number of hydrogen-bond acceptors (Lipinski definition) is 2. The molecule has 0 radical (unpaired) electrons. The zero-order valence-corrected chi connectivity index (χ0v) is 11.1. The first-order valence-electron chi connectivity index (χ1n) is 5.51. The third-order valence-corrected chi connectivity index (χ3v) is 2.96. The summed E-state index contributed by atoms with van der Waals surface area (Å²) < 4.78 is 5.40. The van der Waals surface area contributed by atoms with Gasteiger partial charge in [-0.25, -0.2) is 0 Å². The smallest absolute Gasteiger partial charge is 0.0642 e. The van der Waals surface area contributed by atoms with E-state index in [4.69, 9.17) is 16.3 Å². The van der Waals surface area contributed by atoms with Crippen LogP contribution in [-0.2, 0) is 4.74 Å². The minimum absolute atomic E-state index is 0.117. The summed E-state index contributed by atoms with van der Waals surface area (Å²) in [6, 6.07) is 8.09. The van der Waals surface area contributed by atoms with Crippen molar-refractivity contribution >= 4 is 17.3 Å². The van der Waals surface area contributed by atoms with Crippen molar-refractivity contribution in [2.24, 2.45) is 0 Å². The summed E-state index contributed by atoms with van der Waals surface area (Å²) in [6.07, 6.45) is 0.925. The Morgan fingerprint density at radius 2 is 2.00 bits per heavy atom. The second-order valence-corrected chi connectivity index (χ2v) is 5.10. The molecule has 1 aromatic carbocycles. The molecule has 0 saturated carbocycles. The highest BCUT2D eigenvalue weighted by Crippen LogP contribution is 2.24. The molecule has 0 aliphatic heterocycles. The van der Waals surface area contributed by atoms with Gasteiger partial charge in [0.25, 0.3) is 0 Å². The second-order valence-electron chi connectivity index (χ2n) is 4.69. The largest absolute Gasteiger partial charge is 0.381 e. The second kappa shape index (κ2) is 5.55. The minimum atomic E-state index is -0.117. The monoisotopic (exact) mass is 241 g/mol. The third-order valence-electron chi connectivity index (χ3n) is 2.63. The highest BCUT2D eigenvalue weighted by atomic mass is 35.5. The Bertz CT molecular complexity index is 338. The number of halogens is 1. The molecular formula is C13H20ClNO. The van der Waals surface area contributed by atoms with Crippen LogP contribution in [0.2, 0.25) is 5.02 Å². The molecule has 0 aliphatic rings. The van der Waals surface area contributed by atoms with Gasteiger partial charge in [-0.05, 0) is 39.3 Å². The van der Waals surface area contributed by atoms with Crippen LogP contribution >= 0.6 is 11.6 Å². The van der Waals surface area contributed by atoms with Crippen molar-refractivity contribution in [1.82, 2.24) is 0 Å². The van der Waals surface area contributed by atoms with Crippen LogP contribution in [0.1, 0.15) is 27.2 Å². The standard InChI is InChI=1S/C13H20ClNO/c1-10(9-13(2,3)16-4)15-12-8-6-5-7-11(12)14/h5-8,10,15H,9H2,1-4H3. The molecule has 0 amide bonds. The van der Waals surface area contributed by atoms with Gasteiger partial charge >= 0.3 is 0 Å². The fourth-order valence-corrected chi connectivity index (χ4v) is 1.91. The van der Waals surface area contributed by atoms with Gasteiger partial charge in [0.15, 0.2) is 0 Å². The summed E-state index contributed by atoms with van der Waals surface area (Å²) in [6.45, 7) is 6.29. The minimum Gasteiger partial charge on any atom is -0.381 e. The molecule has 0 bridgehead atoms. The SMILES string of the molecule is COC(C)(C)CC(C)Nc1ccccc1Cl. The lowest BCUT2D eigenvalue weighted by Gasteiger charge is -2.27. The molecule has 1 aromatic rings. The van der Waals surface area contributed by atoms with Gasteiger partial charge in [-0.3, -0.25) is 0 Å². The molecule has 2 nitrogen and oxygen atoms in total. The molecule has 0 spiro atoms. The van der Waals surface area contributed by atoms with Gasteiger partial charge in [0.1, 0.15) is 0 Å². The van der Waals surface area contributed by atoms with Gasteiger partial charge in [0.05, 0.1) is 16.3 Å². The van der Waals surface area contributed by atoms with Crippen LogP contribution in [0.15, 0.2) is 24.3 Å². The molecule has 0 fully saturated rings. The van der Waals surface area contributed by atoms with Gasteiger partial charge in [-0.2, -0.15) is 0 Å². The number of methoxy groups -OCH3 is 1. The number of para-hydroxylation sites is 1.